The molecule has 104 valence electrons. The van der Waals surface area contributed by atoms with E-state index in [2.05, 4.69) is 0 Å². The summed E-state index contributed by atoms with van der Waals surface area (Å²) in [4.78, 5) is 0. The van der Waals surface area contributed by atoms with Crippen LogP contribution in [0.3, 0.4) is 0 Å². The average molecular weight is 312 g/mol. The van der Waals surface area contributed by atoms with Gasteiger partial charge >= 0.3 is 0 Å². The molecule has 1 heterocycles. The van der Waals surface area contributed by atoms with Gasteiger partial charge in [-0.15, -0.1) is 0 Å². The van der Waals surface area contributed by atoms with Gasteiger partial charge in [-0.1, -0.05) is 29.3 Å². The van der Waals surface area contributed by atoms with Crippen LogP contribution in [0.2, 0.25) is 10.0 Å². The van der Waals surface area contributed by atoms with Crippen molar-refractivity contribution in [2.45, 2.75) is 12.5 Å². The Morgan fingerprint density at radius 2 is 2.00 bits per heavy atom. The maximum Gasteiger partial charge on any atom is 0.131 e. The number of fused-ring (bicyclic) bond motifs is 1. The van der Waals surface area contributed by atoms with E-state index in [4.69, 9.17) is 33.7 Å². The number of hydrogen-bond donors (Lipinski definition) is 1. The summed E-state index contributed by atoms with van der Waals surface area (Å²) in [6.45, 7) is 0.393. The van der Waals surface area contributed by atoms with Gasteiger partial charge in [0.05, 0.1) is 5.02 Å². The monoisotopic (exact) mass is 311 g/mol. The number of halogens is 3. The van der Waals surface area contributed by atoms with Crippen LogP contribution in [-0.2, 0) is 6.42 Å². The highest BCUT2D eigenvalue weighted by Crippen LogP contribution is 2.42. The highest BCUT2D eigenvalue weighted by Gasteiger charge is 2.26. The van der Waals surface area contributed by atoms with Crippen molar-refractivity contribution >= 4 is 23.2 Å². The molecule has 1 aliphatic heterocycles. The van der Waals surface area contributed by atoms with Gasteiger partial charge in [0.15, 0.2) is 0 Å². The van der Waals surface area contributed by atoms with E-state index < -0.39 is 0 Å². The zero-order valence-corrected chi connectivity index (χ0v) is 12.0. The first-order valence-electron chi connectivity index (χ1n) is 6.23. The molecular weight excluding hydrogens is 300 g/mol. The van der Waals surface area contributed by atoms with Crippen LogP contribution in [0.5, 0.6) is 5.75 Å². The molecule has 3 rings (SSSR count). The minimum absolute atomic E-state index is 0.114. The van der Waals surface area contributed by atoms with E-state index in [1.807, 2.05) is 0 Å². The van der Waals surface area contributed by atoms with Gasteiger partial charge in [0.1, 0.15) is 17.7 Å². The molecular formula is C15H12Cl2FNO. The maximum absolute atomic E-state index is 13.8. The van der Waals surface area contributed by atoms with E-state index in [1.54, 1.807) is 18.2 Å². The molecule has 1 unspecified atom stereocenters. The topological polar surface area (TPSA) is 35.2 Å². The molecule has 0 bridgehead atoms. The maximum atomic E-state index is 13.8. The van der Waals surface area contributed by atoms with Crippen molar-refractivity contribution in [2.24, 2.45) is 5.73 Å². The van der Waals surface area contributed by atoms with E-state index in [0.717, 1.165) is 5.56 Å². The first kappa shape index (κ1) is 13.7. The first-order chi connectivity index (χ1) is 9.58. The molecule has 2 N–H and O–H groups in total. The summed E-state index contributed by atoms with van der Waals surface area (Å²) in [7, 11) is 0. The Bertz CT molecular complexity index is 675. The molecule has 0 amide bonds. The molecule has 0 saturated heterocycles. The van der Waals surface area contributed by atoms with Gasteiger partial charge in [-0.3, -0.25) is 0 Å². The Hall–Kier alpha value is -1.29. The van der Waals surface area contributed by atoms with Crippen LogP contribution in [0, 0.1) is 5.82 Å². The fourth-order valence-electron chi connectivity index (χ4n) is 2.43. The van der Waals surface area contributed by atoms with Gasteiger partial charge in [-0.05, 0) is 24.3 Å². The third-order valence-corrected chi connectivity index (χ3v) is 3.89. The molecule has 0 saturated carbocycles. The minimum Gasteiger partial charge on any atom is -0.488 e. The molecule has 0 aliphatic carbocycles. The molecule has 20 heavy (non-hydrogen) atoms. The Morgan fingerprint density at radius 3 is 2.70 bits per heavy atom. The van der Waals surface area contributed by atoms with Crippen LogP contribution in [0.4, 0.5) is 4.39 Å². The van der Waals surface area contributed by atoms with Gasteiger partial charge < -0.3 is 10.5 Å². The lowest BCUT2D eigenvalue weighted by Gasteiger charge is -2.12. The lowest BCUT2D eigenvalue weighted by molar-refractivity contribution is 0.242. The fourth-order valence-corrected chi connectivity index (χ4v) is 2.94. The standard InChI is InChI=1S/C15H12Cl2FNO/c16-9-1-2-12(14(17)5-9)13-6-10(18)3-8-4-11(7-19)20-15(8)13/h1-3,5-6,11H,4,7,19H2. The second kappa shape index (κ2) is 5.24. The van der Waals surface area contributed by atoms with Crippen LogP contribution < -0.4 is 10.5 Å². The predicted molar refractivity (Wildman–Crippen MR) is 79.0 cm³/mol. The third-order valence-electron chi connectivity index (χ3n) is 3.35. The lowest BCUT2D eigenvalue weighted by Crippen LogP contribution is -2.24. The molecule has 0 spiro atoms. The van der Waals surface area contributed by atoms with E-state index in [0.29, 0.717) is 39.9 Å². The van der Waals surface area contributed by atoms with E-state index in [9.17, 15) is 4.39 Å². The lowest BCUT2D eigenvalue weighted by atomic mass is 10.00. The van der Waals surface area contributed by atoms with E-state index >= 15 is 0 Å². The summed E-state index contributed by atoms with van der Waals surface area (Å²) in [6.07, 6.45) is 0.499. The van der Waals surface area contributed by atoms with Gasteiger partial charge in [-0.25, -0.2) is 4.39 Å². The molecule has 2 aromatic carbocycles. The normalized spacial score (nSPS) is 16.9. The predicted octanol–water partition coefficient (Wildman–Crippen LogP) is 4.06. The Kier molecular flexibility index (Phi) is 3.59. The first-order valence-corrected chi connectivity index (χ1v) is 6.98. The number of ether oxygens (including phenoxy) is 1. The molecule has 0 aromatic heterocycles. The summed E-state index contributed by atoms with van der Waals surface area (Å²) in [5.74, 6) is 0.345. The van der Waals surface area contributed by atoms with Crippen LogP contribution in [-0.4, -0.2) is 12.6 Å². The molecule has 0 radical (unpaired) electrons. The van der Waals surface area contributed by atoms with Crippen molar-refractivity contribution in [1.29, 1.82) is 0 Å². The minimum atomic E-state index is -0.314. The van der Waals surface area contributed by atoms with Gasteiger partial charge in [0.2, 0.25) is 0 Å². The third kappa shape index (κ3) is 2.37. The van der Waals surface area contributed by atoms with Crippen molar-refractivity contribution < 1.29 is 9.13 Å². The molecule has 1 atom stereocenters. The molecule has 5 heteroatoms. The van der Waals surface area contributed by atoms with Crippen LogP contribution in [0.15, 0.2) is 30.3 Å². The van der Waals surface area contributed by atoms with Crippen molar-refractivity contribution in [3.05, 3.63) is 51.8 Å². The molecule has 1 aliphatic rings. The molecule has 0 fully saturated rings. The smallest absolute Gasteiger partial charge is 0.131 e. The van der Waals surface area contributed by atoms with Crippen LogP contribution in [0.25, 0.3) is 11.1 Å². The molecule has 2 nitrogen and oxygen atoms in total. The molecule has 2 aromatic rings. The van der Waals surface area contributed by atoms with Crippen molar-refractivity contribution in [2.75, 3.05) is 6.54 Å². The van der Waals surface area contributed by atoms with Crippen LogP contribution >= 0.6 is 23.2 Å². The second-order valence-corrected chi connectivity index (χ2v) is 5.59. The Morgan fingerprint density at radius 1 is 1.20 bits per heavy atom. The van der Waals surface area contributed by atoms with Crippen LogP contribution in [0.1, 0.15) is 5.56 Å². The zero-order valence-electron chi connectivity index (χ0n) is 10.5. The Labute approximate surface area is 126 Å². The largest absolute Gasteiger partial charge is 0.488 e. The number of nitrogens with two attached hydrogens (primary N) is 1. The van der Waals surface area contributed by atoms with Gasteiger partial charge in [0, 0.05) is 34.7 Å². The van der Waals surface area contributed by atoms with Gasteiger partial charge in [0.25, 0.3) is 0 Å². The number of benzene rings is 2. The Balaban J connectivity index is 2.15. The average Bonchev–Trinajstić information content (AvgIpc) is 2.81. The van der Waals surface area contributed by atoms with Crippen molar-refractivity contribution in [3.63, 3.8) is 0 Å². The fraction of sp³-hybridized carbons (Fsp3) is 0.200. The summed E-state index contributed by atoms with van der Waals surface area (Å²) in [5.41, 5.74) is 7.78. The highest BCUT2D eigenvalue weighted by molar-refractivity contribution is 6.36. The summed E-state index contributed by atoms with van der Waals surface area (Å²) in [6, 6.07) is 8.02. The quantitative estimate of drug-likeness (QED) is 0.907. The number of rotatable bonds is 2. The van der Waals surface area contributed by atoms with Crippen molar-refractivity contribution in [1.82, 2.24) is 0 Å². The second-order valence-electron chi connectivity index (χ2n) is 4.75. The number of hydrogen-bond acceptors (Lipinski definition) is 2. The van der Waals surface area contributed by atoms with Crippen molar-refractivity contribution in [3.8, 4) is 16.9 Å². The summed E-state index contributed by atoms with van der Waals surface area (Å²) >= 11 is 12.1. The highest BCUT2D eigenvalue weighted by atomic mass is 35.5. The van der Waals surface area contributed by atoms with E-state index in [-0.39, 0.29) is 11.9 Å². The van der Waals surface area contributed by atoms with Gasteiger partial charge in [-0.2, -0.15) is 0 Å². The summed E-state index contributed by atoms with van der Waals surface area (Å²) in [5, 5.41) is 0.998. The van der Waals surface area contributed by atoms with E-state index in [1.165, 1.54) is 12.1 Å². The summed E-state index contributed by atoms with van der Waals surface area (Å²) < 4.78 is 19.6. The zero-order chi connectivity index (χ0) is 14.3. The SMILES string of the molecule is NCC1Cc2cc(F)cc(-c3ccc(Cl)cc3Cl)c2O1.